The lowest BCUT2D eigenvalue weighted by Gasteiger charge is -2.01. The highest BCUT2D eigenvalue weighted by molar-refractivity contribution is 9.10. The van der Waals surface area contributed by atoms with Crippen LogP contribution >= 0.6 is 15.9 Å². The summed E-state index contributed by atoms with van der Waals surface area (Å²) >= 11 is 3.32. The summed E-state index contributed by atoms with van der Waals surface area (Å²) in [6.45, 7) is 1.74. The van der Waals surface area contributed by atoms with E-state index in [1.807, 2.05) is 12.1 Å². The van der Waals surface area contributed by atoms with Crippen LogP contribution in [0.2, 0.25) is 0 Å². The molecule has 82 valence electrons. The third-order valence-corrected chi connectivity index (χ3v) is 2.43. The Bertz CT molecular complexity index is 506. The lowest BCUT2D eigenvalue weighted by molar-refractivity contribution is 0.101. The average Bonchev–Trinajstić information content (AvgIpc) is 2.68. The molecule has 0 aliphatic rings. The predicted octanol–water partition coefficient (Wildman–Crippen LogP) is 2.13. The van der Waals surface area contributed by atoms with Gasteiger partial charge in [-0.15, -0.1) is 5.10 Å². The van der Waals surface area contributed by atoms with Crippen LogP contribution in [0.3, 0.4) is 0 Å². The van der Waals surface area contributed by atoms with E-state index >= 15 is 0 Å². The van der Waals surface area contributed by atoms with Gasteiger partial charge in [0.25, 0.3) is 5.91 Å². The number of rotatable bonds is 2. The van der Waals surface area contributed by atoms with Crippen molar-refractivity contribution in [2.75, 3.05) is 5.32 Å². The normalized spacial score (nSPS) is 10.1. The first-order valence-electron chi connectivity index (χ1n) is 4.61. The van der Waals surface area contributed by atoms with E-state index in [0.29, 0.717) is 11.5 Å². The Hall–Kier alpha value is -1.69. The molecule has 2 N–H and O–H groups in total. The van der Waals surface area contributed by atoms with Crippen molar-refractivity contribution in [1.29, 1.82) is 0 Å². The Kier molecular flexibility index (Phi) is 3.00. The van der Waals surface area contributed by atoms with Crippen LogP contribution in [0, 0.1) is 6.92 Å². The number of H-pyrrole nitrogens is 1. The molecule has 0 atom stereocenters. The van der Waals surface area contributed by atoms with Gasteiger partial charge in [-0.25, -0.2) is 4.98 Å². The average molecular weight is 281 g/mol. The fraction of sp³-hybridized carbons (Fsp3) is 0.100. The van der Waals surface area contributed by atoms with Gasteiger partial charge in [0.2, 0.25) is 5.82 Å². The molecule has 0 aliphatic carbocycles. The van der Waals surface area contributed by atoms with Crippen LogP contribution in [-0.2, 0) is 0 Å². The minimum atomic E-state index is -0.327. The molecule has 1 aromatic carbocycles. The van der Waals surface area contributed by atoms with Crippen molar-refractivity contribution in [3.8, 4) is 0 Å². The van der Waals surface area contributed by atoms with Crippen molar-refractivity contribution in [3.05, 3.63) is 40.4 Å². The number of nitrogens with zero attached hydrogens (tertiary/aromatic N) is 2. The van der Waals surface area contributed by atoms with Crippen LogP contribution in [0.4, 0.5) is 5.69 Å². The highest BCUT2D eigenvalue weighted by atomic mass is 79.9. The topological polar surface area (TPSA) is 70.7 Å². The SMILES string of the molecule is Cc1nc(C(=O)Nc2ccc(Br)cc2)n[nH]1. The van der Waals surface area contributed by atoms with Gasteiger partial charge in [0.05, 0.1) is 0 Å². The van der Waals surface area contributed by atoms with Gasteiger partial charge in [0.15, 0.2) is 0 Å². The smallest absolute Gasteiger partial charge is 0.295 e. The van der Waals surface area contributed by atoms with Gasteiger partial charge < -0.3 is 5.32 Å². The summed E-state index contributed by atoms with van der Waals surface area (Å²) in [6, 6.07) is 7.28. The summed E-state index contributed by atoms with van der Waals surface area (Å²) in [5.74, 6) is 0.424. The number of carbonyl (C=O) groups is 1. The molecular formula is C10H9BrN4O. The first-order valence-corrected chi connectivity index (χ1v) is 5.40. The molecule has 0 unspecified atom stereocenters. The Morgan fingerprint density at radius 2 is 2.06 bits per heavy atom. The van der Waals surface area contributed by atoms with Gasteiger partial charge in [0.1, 0.15) is 5.82 Å². The molecule has 1 heterocycles. The lowest BCUT2D eigenvalue weighted by atomic mass is 10.3. The number of amides is 1. The van der Waals surface area contributed by atoms with Crippen LogP contribution in [0.5, 0.6) is 0 Å². The highest BCUT2D eigenvalue weighted by Crippen LogP contribution is 2.14. The lowest BCUT2D eigenvalue weighted by Crippen LogP contribution is -2.13. The molecule has 0 spiro atoms. The number of aromatic nitrogens is 3. The summed E-state index contributed by atoms with van der Waals surface area (Å²) in [6.07, 6.45) is 0. The number of aromatic amines is 1. The summed E-state index contributed by atoms with van der Waals surface area (Å²) in [5, 5.41) is 9.08. The fourth-order valence-electron chi connectivity index (χ4n) is 1.16. The summed E-state index contributed by atoms with van der Waals surface area (Å²) < 4.78 is 0.958. The minimum absolute atomic E-state index is 0.139. The monoisotopic (exact) mass is 280 g/mol. The Labute approximate surface area is 100 Å². The van der Waals surface area contributed by atoms with Crippen molar-refractivity contribution < 1.29 is 4.79 Å². The van der Waals surface area contributed by atoms with Crippen LogP contribution in [-0.4, -0.2) is 21.1 Å². The molecule has 0 aliphatic heterocycles. The number of hydrogen-bond acceptors (Lipinski definition) is 3. The number of anilines is 1. The second-order valence-electron chi connectivity index (χ2n) is 3.21. The maximum atomic E-state index is 11.6. The first-order chi connectivity index (χ1) is 7.65. The molecular weight excluding hydrogens is 272 g/mol. The molecule has 0 bridgehead atoms. The second-order valence-corrected chi connectivity index (χ2v) is 4.12. The number of aryl methyl sites for hydroxylation is 1. The molecule has 0 radical (unpaired) electrons. The third kappa shape index (κ3) is 2.46. The van der Waals surface area contributed by atoms with Gasteiger partial charge in [-0.05, 0) is 31.2 Å². The molecule has 0 saturated heterocycles. The van der Waals surface area contributed by atoms with Gasteiger partial charge in [-0.1, -0.05) is 15.9 Å². The van der Waals surface area contributed by atoms with E-state index in [4.69, 9.17) is 0 Å². The first kappa shape index (κ1) is 10.8. The van der Waals surface area contributed by atoms with Crippen LogP contribution < -0.4 is 5.32 Å². The molecule has 0 fully saturated rings. The van der Waals surface area contributed by atoms with Crippen molar-refractivity contribution in [2.24, 2.45) is 0 Å². The largest absolute Gasteiger partial charge is 0.319 e. The third-order valence-electron chi connectivity index (χ3n) is 1.90. The van der Waals surface area contributed by atoms with E-state index in [1.165, 1.54) is 0 Å². The second kappa shape index (κ2) is 4.44. The minimum Gasteiger partial charge on any atom is -0.319 e. The van der Waals surface area contributed by atoms with Gasteiger partial charge >= 0.3 is 0 Å². The number of carbonyl (C=O) groups excluding carboxylic acids is 1. The van der Waals surface area contributed by atoms with Gasteiger partial charge in [-0.2, -0.15) is 0 Å². The number of benzene rings is 1. The molecule has 0 saturated carbocycles. The van der Waals surface area contributed by atoms with E-state index in [0.717, 1.165) is 4.47 Å². The molecule has 16 heavy (non-hydrogen) atoms. The van der Waals surface area contributed by atoms with Gasteiger partial charge in [0, 0.05) is 10.2 Å². The maximum Gasteiger partial charge on any atom is 0.295 e. The summed E-state index contributed by atoms with van der Waals surface area (Å²) in [4.78, 5) is 15.6. The number of nitrogens with one attached hydrogen (secondary N) is 2. The fourth-order valence-corrected chi connectivity index (χ4v) is 1.43. The molecule has 5 nitrogen and oxygen atoms in total. The molecule has 2 rings (SSSR count). The quantitative estimate of drug-likeness (QED) is 0.885. The Morgan fingerprint density at radius 1 is 1.38 bits per heavy atom. The zero-order valence-corrected chi connectivity index (χ0v) is 10.1. The number of hydrogen-bond donors (Lipinski definition) is 2. The van der Waals surface area contributed by atoms with E-state index in [1.54, 1.807) is 19.1 Å². The molecule has 6 heteroatoms. The van der Waals surface area contributed by atoms with Crippen LogP contribution in [0.15, 0.2) is 28.7 Å². The maximum absolute atomic E-state index is 11.6. The van der Waals surface area contributed by atoms with E-state index in [-0.39, 0.29) is 11.7 Å². The summed E-state index contributed by atoms with van der Waals surface area (Å²) in [5.41, 5.74) is 0.704. The van der Waals surface area contributed by atoms with E-state index in [9.17, 15) is 4.79 Å². The highest BCUT2D eigenvalue weighted by Gasteiger charge is 2.10. The zero-order valence-electron chi connectivity index (χ0n) is 8.49. The Balaban J connectivity index is 2.10. The van der Waals surface area contributed by atoms with E-state index in [2.05, 4.69) is 36.4 Å². The van der Waals surface area contributed by atoms with Crippen molar-refractivity contribution in [3.63, 3.8) is 0 Å². The zero-order chi connectivity index (χ0) is 11.5. The van der Waals surface area contributed by atoms with Crippen LogP contribution in [0.1, 0.15) is 16.4 Å². The van der Waals surface area contributed by atoms with Crippen molar-refractivity contribution in [1.82, 2.24) is 15.2 Å². The van der Waals surface area contributed by atoms with Crippen LogP contribution in [0.25, 0.3) is 0 Å². The molecule has 1 amide bonds. The van der Waals surface area contributed by atoms with E-state index < -0.39 is 0 Å². The Morgan fingerprint density at radius 3 is 2.62 bits per heavy atom. The number of halogens is 1. The van der Waals surface area contributed by atoms with Crippen molar-refractivity contribution in [2.45, 2.75) is 6.92 Å². The summed E-state index contributed by atoms with van der Waals surface area (Å²) in [7, 11) is 0. The van der Waals surface area contributed by atoms with Crippen molar-refractivity contribution >= 4 is 27.5 Å². The molecule has 1 aromatic heterocycles. The standard InChI is InChI=1S/C10H9BrN4O/c1-6-12-9(15-14-6)10(16)13-8-4-2-7(11)3-5-8/h2-5H,1H3,(H,13,16)(H,12,14,15). The predicted molar refractivity (Wildman–Crippen MR) is 63.2 cm³/mol. The van der Waals surface area contributed by atoms with Gasteiger partial charge in [-0.3, -0.25) is 9.89 Å². The molecule has 2 aromatic rings.